The molecule has 14 heteroatoms. The van der Waals surface area contributed by atoms with Gasteiger partial charge in [-0.25, -0.2) is 0 Å². The lowest BCUT2D eigenvalue weighted by atomic mass is 9.91. The molecule has 496 valence electrons. The average molecular weight is 1200 g/mol. The molecule has 1 N–H and O–H groups in total. The highest BCUT2D eigenvalue weighted by molar-refractivity contribution is 5.73. The fraction of sp³-hybridized carbons (Fsp3) is 0.957. The second-order valence-corrected chi connectivity index (χ2v) is 25.1. The summed E-state index contributed by atoms with van der Waals surface area (Å²) in [5, 5.41) is 12.0. The maximum absolute atomic E-state index is 14.2. The van der Waals surface area contributed by atoms with Crippen molar-refractivity contribution in [2.45, 2.75) is 381 Å². The van der Waals surface area contributed by atoms with E-state index in [1.165, 1.54) is 122 Å². The van der Waals surface area contributed by atoms with E-state index in [9.17, 15) is 19.5 Å². The number of aliphatic hydroxyl groups is 1. The standard InChI is InChI=1S/C70H132O14/c1-10-17-24-27-30-33-36-39-42-45-58(76-49-21-14-5)52-63(72)84-67-57(9)69(78-51-23-16-7)82-61(68(67)77-50-22-15-6)55-79-70-56(8)66(65(74)60(81-70)54-75-48-20-13-4)83-64(73)53-59(46-43-40-37-34-31-28-25-18-11-2)80-62(71)47-44-41-38-35-32-29-26-19-12-3/h56-61,65-70,74H,10-55H2,1-9H3/t56-,57?,58+,59+,60?,61?,65+,66?,67+,68+,69-,70+/m0/s1. The zero-order chi connectivity index (χ0) is 61.3. The lowest BCUT2D eigenvalue weighted by Gasteiger charge is -2.46. The third-order valence-electron chi connectivity index (χ3n) is 17.1. The van der Waals surface area contributed by atoms with Gasteiger partial charge in [-0.15, -0.1) is 0 Å². The Kier molecular flexibility index (Phi) is 49.3. The van der Waals surface area contributed by atoms with Crippen LogP contribution in [-0.4, -0.2) is 124 Å². The molecule has 0 aromatic heterocycles. The van der Waals surface area contributed by atoms with Gasteiger partial charge >= 0.3 is 17.9 Å². The topological polar surface area (TPSA) is 164 Å². The Balaban J connectivity index is 2.33. The number of aliphatic hydroxyl groups excluding tert-OH is 1. The molecule has 2 aliphatic heterocycles. The zero-order valence-electron chi connectivity index (χ0n) is 55.7. The third-order valence-corrected chi connectivity index (χ3v) is 17.1. The first-order chi connectivity index (χ1) is 41.0. The first-order valence-electron chi connectivity index (χ1n) is 35.6. The molecule has 2 aliphatic rings. The van der Waals surface area contributed by atoms with Gasteiger partial charge < -0.3 is 52.5 Å². The number of carbonyl (C=O) groups is 3. The molecule has 14 nitrogen and oxygen atoms in total. The summed E-state index contributed by atoms with van der Waals surface area (Å²) in [5.41, 5.74) is 0. The molecule has 2 heterocycles. The Bertz CT molecular complexity index is 1530. The molecule has 4 unspecified atom stereocenters. The molecule has 0 aliphatic carbocycles. The summed E-state index contributed by atoms with van der Waals surface area (Å²) in [7, 11) is 0. The Morgan fingerprint density at radius 1 is 0.393 bits per heavy atom. The Morgan fingerprint density at radius 3 is 1.33 bits per heavy atom. The maximum Gasteiger partial charge on any atom is 0.309 e. The van der Waals surface area contributed by atoms with Crippen LogP contribution in [0, 0.1) is 11.8 Å². The van der Waals surface area contributed by atoms with Gasteiger partial charge in [0.1, 0.15) is 42.7 Å². The smallest absolute Gasteiger partial charge is 0.309 e. The van der Waals surface area contributed by atoms with E-state index in [2.05, 4.69) is 48.5 Å². The second kappa shape index (κ2) is 53.0. The van der Waals surface area contributed by atoms with E-state index in [1.54, 1.807) is 0 Å². The monoisotopic (exact) mass is 1200 g/mol. The fourth-order valence-corrected chi connectivity index (χ4v) is 11.4. The van der Waals surface area contributed by atoms with Crippen molar-refractivity contribution in [1.82, 2.24) is 0 Å². The van der Waals surface area contributed by atoms with Crippen LogP contribution in [0.3, 0.4) is 0 Å². The number of carbonyl (C=O) groups excluding carboxylic acids is 3. The molecule has 0 aromatic carbocycles. The Hall–Kier alpha value is -1.91. The number of rotatable bonds is 57. The van der Waals surface area contributed by atoms with E-state index >= 15 is 0 Å². The number of esters is 3. The number of ether oxygens (including phenoxy) is 10. The summed E-state index contributed by atoms with van der Waals surface area (Å²) in [4.78, 5) is 41.8. The van der Waals surface area contributed by atoms with E-state index in [-0.39, 0.29) is 50.0 Å². The van der Waals surface area contributed by atoms with Gasteiger partial charge in [0, 0.05) is 44.7 Å². The second-order valence-electron chi connectivity index (χ2n) is 25.1. The van der Waals surface area contributed by atoms with Crippen molar-refractivity contribution in [3.63, 3.8) is 0 Å². The molecule has 0 aromatic rings. The highest BCUT2D eigenvalue weighted by atomic mass is 16.7. The first kappa shape index (κ1) is 78.2. The quantitative estimate of drug-likeness (QED) is 0.0347. The minimum absolute atomic E-state index is 0.0303. The summed E-state index contributed by atoms with van der Waals surface area (Å²) in [6.45, 7) is 21.0. The summed E-state index contributed by atoms with van der Waals surface area (Å²) in [6.07, 6.45) is 32.9. The first-order valence-corrected chi connectivity index (χ1v) is 35.6. The summed E-state index contributed by atoms with van der Waals surface area (Å²) in [6, 6.07) is 0. The predicted octanol–water partition coefficient (Wildman–Crippen LogP) is 17.4. The van der Waals surface area contributed by atoms with Gasteiger partial charge in [-0.1, -0.05) is 249 Å². The zero-order valence-corrected chi connectivity index (χ0v) is 55.7. The molecular weight excluding hydrogens is 1060 g/mol. The van der Waals surface area contributed by atoms with E-state index in [0.29, 0.717) is 39.3 Å². The summed E-state index contributed by atoms with van der Waals surface area (Å²) in [5.74, 6) is -2.16. The van der Waals surface area contributed by atoms with Crippen molar-refractivity contribution in [3.05, 3.63) is 0 Å². The third kappa shape index (κ3) is 36.5. The molecule has 0 radical (unpaired) electrons. The van der Waals surface area contributed by atoms with Gasteiger partial charge in [0.25, 0.3) is 0 Å². The molecule has 0 amide bonds. The van der Waals surface area contributed by atoms with Crippen LogP contribution in [0.2, 0.25) is 0 Å². The van der Waals surface area contributed by atoms with Crippen molar-refractivity contribution < 1.29 is 66.9 Å². The van der Waals surface area contributed by atoms with E-state index < -0.39 is 67.2 Å². The van der Waals surface area contributed by atoms with Gasteiger partial charge in [0.2, 0.25) is 0 Å². The van der Waals surface area contributed by atoms with Crippen molar-refractivity contribution in [1.29, 1.82) is 0 Å². The van der Waals surface area contributed by atoms with Crippen molar-refractivity contribution in [2.75, 3.05) is 39.6 Å². The molecule has 0 bridgehead atoms. The normalized spacial score (nSPS) is 23.4. The molecule has 2 rings (SSSR count). The molecular formula is C70H132O14. The maximum atomic E-state index is 14.2. The van der Waals surface area contributed by atoms with Gasteiger partial charge in [0.15, 0.2) is 12.6 Å². The highest BCUT2D eigenvalue weighted by Gasteiger charge is 2.50. The highest BCUT2D eigenvalue weighted by Crippen LogP contribution is 2.35. The molecule has 2 fully saturated rings. The van der Waals surface area contributed by atoms with E-state index in [1.807, 2.05) is 13.8 Å². The van der Waals surface area contributed by atoms with Crippen molar-refractivity contribution in [3.8, 4) is 0 Å². The Labute approximate surface area is 514 Å². The molecule has 0 saturated carbocycles. The van der Waals surface area contributed by atoms with Crippen LogP contribution in [0.15, 0.2) is 0 Å². The largest absolute Gasteiger partial charge is 0.462 e. The van der Waals surface area contributed by atoms with Crippen LogP contribution in [0.5, 0.6) is 0 Å². The SMILES string of the molecule is CCCCCCCCCCCC(=O)O[C@H](CCCCCCCCCCC)CC(=O)OC1[C@H](O)C(COCCCC)O[C@@H](OCC2O[C@H](OCCCC)C(C)[C@@H](OC(=O)C[C@@H](CCCCCCCCCCC)OCCCC)[C@@H]2OCCCC)[C@H]1C. The van der Waals surface area contributed by atoms with Crippen LogP contribution in [-0.2, 0) is 61.8 Å². The lowest BCUT2D eigenvalue weighted by molar-refractivity contribution is -0.321. The number of hydrogen-bond acceptors (Lipinski definition) is 14. The van der Waals surface area contributed by atoms with Crippen LogP contribution in [0.4, 0.5) is 0 Å². The number of hydrogen-bond donors (Lipinski definition) is 1. The van der Waals surface area contributed by atoms with Crippen LogP contribution in [0.1, 0.15) is 319 Å². The molecule has 2 saturated heterocycles. The van der Waals surface area contributed by atoms with Gasteiger partial charge in [-0.05, 0) is 51.4 Å². The number of unbranched alkanes of at least 4 members (excludes halogenated alkanes) is 28. The minimum Gasteiger partial charge on any atom is -0.462 e. The molecule has 84 heavy (non-hydrogen) atoms. The summed E-state index contributed by atoms with van der Waals surface area (Å²) < 4.78 is 64.5. The minimum atomic E-state index is -1.22. The average Bonchev–Trinajstić information content (AvgIpc) is 3.51. The van der Waals surface area contributed by atoms with Gasteiger partial charge in [-0.3, -0.25) is 14.4 Å². The molecule has 12 atom stereocenters. The predicted molar refractivity (Wildman–Crippen MR) is 338 cm³/mol. The van der Waals surface area contributed by atoms with Crippen LogP contribution < -0.4 is 0 Å². The Morgan fingerprint density at radius 2 is 0.798 bits per heavy atom. The molecule has 0 spiro atoms. The van der Waals surface area contributed by atoms with Gasteiger partial charge in [0.05, 0.1) is 32.2 Å². The fourth-order valence-electron chi connectivity index (χ4n) is 11.4. The van der Waals surface area contributed by atoms with Crippen LogP contribution >= 0.6 is 0 Å². The summed E-state index contributed by atoms with van der Waals surface area (Å²) >= 11 is 0. The van der Waals surface area contributed by atoms with E-state index in [4.69, 9.17) is 47.4 Å². The van der Waals surface area contributed by atoms with Crippen molar-refractivity contribution >= 4 is 17.9 Å². The lowest BCUT2D eigenvalue weighted by Crippen LogP contribution is -2.60. The van der Waals surface area contributed by atoms with E-state index in [0.717, 1.165) is 109 Å². The van der Waals surface area contributed by atoms with Crippen LogP contribution in [0.25, 0.3) is 0 Å². The van der Waals surface area contributed by atoms with Gasteiger partial charge in [-0.2, -0.15) is 0 Å². The van der Waals surface area contributed by atoms with Crippen molar-refractivity contribution in [2.24, 2.45) is 11.8 Å².